The van der Waals surface area contributed by atoms with Crippen molar-refractivity contribution < 1.29 is 0 Å². The molecule has 0 aromatic carbocycles. The molecule has 2 rings (SSSR count). The van der Waals surface area contributed by atoms with Crippen molar-refractivity contribution >= 4 is 22.6 Å². The van der Waals surface area contributed by atoms with Gasteiger partial charge in [-0.25, -0.2) is 4.98 Å². The molecule has 86 valence electrons. The van der Waals surface area contributed by atoms with Crippen molar-refractivity contribution in [2.24, 2.45) is 7.05 Å². The van der Waals surface area contributed by atoms with Crippen LogP contribution in [0.2, 0.25) is 5.28 Å². The van der Waals surface area contributed by atoms with Gasteiger partial charge in [0.2, 0.25) is 5.28 Å². The Bertz CT molecular complexity index is 606. The first kappa shape index (κ1) is 11.1. The van der Waals surface area contributed by atoms with Gasteiger partial charge in [-0.3, -0.25) is 14.5 Å². The van der Waals surface area contributed by atoms with E-state index in [9.17, 15) is 4.79 Å². The van der Waals surface area contributed by atoms with Crippen LogP contribution in [0.4, 0.5) is 0 Å². The Kier molecular flexibility index (Phi) is 2.31. The smallest absolute Gasteiger partial charge is 0.278 e. The van der Waals surface area contributed by atoms with E-state index in [4.69, 9.17) is 11.6 Å². The minimum atomic E-state index is -0.263. The maximum atomic E-state index is 11.7. The van der Waals surface area contributed by atoms with Crippen LogP contribution < -0.4 is 5.56 Å². The van der Waals surface area contributed by atoms with Gasteiger partial charge in [0.1, 0.15) is 5.52 Å². The van der Waals surface area contributed by atoms with E-state index in [0.29, 0.717) is 11.0 Å². The molecule has 5 nitrogen and oxygen atoms in total. The number of fused-ring (bicyclic) bond motifs is 1. The van der Waals surface area contributed by atoms with Gasteiger partial charge in [0.25, 0.3) is 5.56 Å². The standard InChI is InChI=1S/C10H13ClN4O/c1-10(2,3)7-5-6(15(4)14-7)8(16)13-9(11)12-5/h1-4H3,(H,12,13,16). The van der Waals surface area contributed by atoms with Crippen LogP contribution in [0.5, 0.6) is 0 Å². The van der Waals surface area contributed by atoms with E-state index in [1.54, 1.807) is 7.05 Å². The van der Waals surface area contributed by atoms with Crippen LogP contribution in [0.25, 0.3) is 11.0 Å². The van der Waals surface area contributed by atoms with E-state index in [0.717, 1.165) is 5.69 Å². The normalized spacial score (nSPS) is 12.3. The second-order valence-corrected chi connectivity index (χ2v) is 5.13. The van der Waals surface area contributed by atoms with Crippen LogP contribution in [-0.4, -0.2) is 19.7 Å². The van der Waals surface area contributed by atoms with E-state index >= 15 is 0 Å². The highest BCUT2D eigenvalue weighted by atomic mass is 35.5. The molecule has 1 N–H and O–H groups in total. The summed E-state index contributed by atoms with van der Waals surface area (Å²) in [5.74, 6) is 0. The number of H-pyrrole nitrogens is 1. The minimum absolute atomic E-state index is 0.0935. The molecule has 16 heavy (non-hydrogen) atoms. The fraction of sp³-hybridized carbons (Fsp3) is 0.500. The zero-order chi connectivity index (χ0) is 12.1. The molecule has 0 aliphatic rings. The van der Waals surface area contributed by atoms with Crippen LogP contribution in [0, 0.1) is 0 Å². The molecule has 0 aliphatic heterocycles. The van der Waals surface area contributed by atoms with Crippen molar-refractivity contribution in [3.63, 3.8) is 0 Å². The fourth-order valence-corrected chi connectivity index (χ4v) is 1.83. The average molecular weight is 241 g/mol. The van der Waals surface area contributed by atoms with E-state index in [1.165, 1.54) is 4.68 Å². The van der Waals surface area contributed by atoms with Gasteiger partial charge in [0.15, 0.2) is 5.52 Å². The molecule has 0 fully saturated rings. The molecule has 6 heteroatoms. The third-order valence-corrected chi connectivity index (χ3v) is 2.55. The number of nitrogens with zero attached hydrogens (tertiary/aromatic N) is 3. The van der Waals surface area contributed by atoms with Crippen molar-refractivity contribution in [2.45, 2.75) is 26.2 Å². The Morgan fingerprint density at radius 3 is 2.56 bits per heavy atom. The molecule has 0 aliphatic carbocycles. The summed E-state index contributed by atoms with van der Waals surface area (Å²) < 4.78 is 1.54. The first-order chi connectivity index (χ1) is 7.30. The maximum Gasteiger partial charge on any atom is 0.278 e. The predicted molar refractivity (Wildman–Crippen MR) is 62.8 cm³/mol. The van der Waals surface area contributed by atoms with Crippen molar-refractivity contribution in [2.75, 3.05) is 0 Å². The minimum Gasteiger partial charge on any atom is -0.295 e. The summed E-state index contributed by atoms with van der Waals surface area (Å²) in [7, 11) is 1.72. The third kappa shape index (κ3) is 1.61. The van der Waals surface area contributed by atoms with Crippen LogP contribution in [0.1, 0.15) is 26.5 Å². The summed E-state index contributed by atoms with van der Waals surface area (Å²) in [5.41, 5.74) is 1.36. The SMILES string of the molecule is Cn1nc(C(C)(C)C)c2nc(Cl)[nH]c(=O)c21. The Balaban J connectivity index is 2.95. The Hall–Kier alpha value is -1.36. The molecular weight excluding hydrogens is 228 g/mol. The fourth-order valence-electron chi connectivity index (χ4n) is 1.66. The summed E-state index contributed by atoms with van der Waals surface area (Å²) in [4.78, 5) is 18.3. The van der Waals surface area contributed by atoms with Gasteiger partial charge in [-0.15, -0.1) is 0 Å². The topological polar surface area (TPSA) is 63.6 Å². The highest BCUT2D eigenvalue weighted by Gasteiger charge is 2.24. The quantitative estimate of drug-likeness (QED) is 0.712. The lowest BCUT2D eigenvalue weighted by Gasteiger charge is -2.14. The summed E-state index contributed by atoms with van der Waals surface area (Å²) in [6.07, 6.45) is 0. The number of hydrogen-bond donors (Lipinski definition) is 1. The van der Waals surface area contributed by atoms with Crippen molar-refractivity contribution in [1.82, 2.24) is 19.7 Å². The van der Waals surface area contributed by atoms with Crippen LogP contribution in [0.3, 0.4) is 0 Å². The monoisotopic (exact) mass is 240 g/mol. The Morgan fingerprint density at radius 1 is 1.38 bits per heavy atom. The lowest BCUT2D eigenvalue weighted by Crippen LogP contribution is -2.13. The number of aromatic nitrogens is 4. The second kappa shape index (κ2) is 3.31. The first-order valence-corrected chi connectivity index (χ1v) is 5.31. The van der Waals surface area contributed by atoms with Gasteiger partial charge < -0.3 is 0 Å². The molecule has 2 aromatic heterocycles. The second-order valence-electron chi connectivity index (χ2n) is 4.78. The van der Waals surface area contributed by atoms with Crippen molar-refractivity contribution in [1.29, 1.82) is 0 Å². The summed E-state index contributed by atoms with van der Waals surface area (Å²) in [6, 6.07) is 0. The van der Waals surface area contributed by atoms with Crippen molar-refractivity contribution in [3.05, 3.63) is 21.3 Å². The number of aromatic amines is 1. The summed E-state index contributed by atoms with van der Waals surface area (Å²) in [5, 5.41) is 4.43. The molecule has 0 radical (unpaired) electrons. The van der Waals surface area contributed by atoms with Crippen molar-refractivity contribution in [3.8, 4) is 0 Å². The number of halogens is 1. The van der Waals surface area contributed by atoms with E-state index < -0.39 is 0 Å². The van der Waals surface area contributed by atoms with E-state index in [1.807, 2.05) is 20.8 Å². The van der Waals surface area contributed by atoms with Gasteiger partial charge in [0, 0.05) is 12.5 Å². The first-order valence-electron chi connectivity index (χ1n) is 4.93. The van der Waals surface area contributed by atoms with Crippen LogP contribution in [0.15, 0.2) is 4.79 Å². The molecule has 2 heterocycles. The number of aryl methyl sites for hydroxylation is 1. The largest absolute Gasteiger partial charge is 0.295 e. The zero-order valence-electron chi connectivity index (χ0n) is 9.63. The number of hydrogen-bond acceptors (Lipinski definition) is 3. The Morgan fingerprint density at radius 2 is 2.00 bits per heavy atom. The lowest BCUT2D eigenvalue weighted by molar-refractivity contribution is 0.557. The molecular formula is C10H13ClN4O. The van der Waals surface area contributed by atoms with Gasteiger partial charge in [-0.05, 0) is 11.6 Å². The summed E-state index contributed by atoms with van der Waals surface area (Å²) >= 11 is 5.75. The van der Waals surface area contributed by atoms with Crippen LogP contribution in [-0.2, 0) is 12.5 Å². The Labute approximate surface area is 97.4 Å². The van der Waals surface area contributed by atoms with E-state index in [2.05, 4.69) is 15.1 Å². The summed E-state index contributed by atoms with van der Waals surface area (Å²) in [6.45, 7) is 6.06. The molecule has 0 atom stereocenters. The molecule has 2 aromatic rings. The van der Waals surface area contributed by atoms with Gasteiger partial charge in [-0.1, -0.05) is 20.8 Å². The molecule has 0 spiro atoms. The predicted octanol–water partition coefficient (Wildman–Crippen LogP) is 1.61. The molecule has 0 amide bonds. The maximum absolute atomic E-state index is 11.7. The van der Waals surface area contributed by atoms with E-state index in [-0.39, 0.29) is 16.3 Å². The highest BCUT2D eigenvalue weighted by Crippen LogP contribution is 2.26. The van der Waals surface area contributed by atoms with Gasteiger partial charge in [0.05, 0.1) is 5.69 Å². The number of nitrogens with one attached hydrogen (secondary N) is 1. The lowest BCUT2D eigenvalue weighted by atomic mass is 9.91. The van der Waals surface area contributed by atoms with Gasteiger partial charge >= 0.3 is 0 Å². The van der Waals surface area contributed by atoms with Gasteiger partial charge in [-0.2, -0.15) is 5.10 Å². The molecule has 0 unspecified atom stereocenters. The molecule has 0 bridgehead atoms. The zero-order valence-corrected chi connectivity index (χ0v) is 10.4. The third-order valence-electron chi connectivity index (χ3n) is 2.37. The average Bonchev–Trinajstić information content (AvgIpc) is 2.41. The molecule has 0 saturated heterocycles. The number of rotatable bonds is 0. The van der Waals surface area contributed by atoms with Crippen LogP contribution >= 0.6 is 11.6 Å². The molecule has 0 saturated carbocycles. The highest BCUT2D eigenvalue weighted by molar-refractivity contribution is 6.28.